The highest BCUT2D eigenvalue weighted by atomic mass is 16.5. The van der Waals surface area contributed by atoms with Crippen LogP contribution in [0.5, 0.6) is 0 Å². The fourth-order valence-corrected chi connectivity index (χ4v) is 3.68. The molecule has 1 fully saturated rings. The molecule has 1 aromatic carbocycles. The maximum absolute atomic E-state index is 5.57. The van der Waals surface area contributed by atoms with Gasteiger partial charge in [0, 0.05) is 31.3 Å². The van der Waals surface area contributed by atoms with Crippen LogP contribution in [0.2, 0.25) is 0 Å². The highest BCUT2D eigenvalue weighted by Gasteiger charge is 2.13. The molecule has 0 saturated carbocycles. The smallest absolute Gasteiger partial charge is 0.180 e. The summed E-state index contributed by atoms with van der Waals surface area (Å²) in [5, 5.41) is 4.60. The van der Waals surface area contributed by atoms with Gasteiger partial charge in [0.2, 0.25) is 0 Å². The van der Waals surface area contributed by atoms with E-state index >= 15 is 0 Å². The summed E-state index contributed by atoms with van der Waals surface area (Å²) >= 11 is 0. The van der Waals surface area contributed by atoms with Gasteiger partial charge in [0.05, 0.1) is 5.52 Å². The first-order valence-electron chi connectivity index (χ1n) is 9.90. The van der Waals surface area contributed by atoms with Gasteiger partial charge in [-0.2, -0.15) is 0 Å². The summed E-state index contributed by atoms with van der Waals surface area (Å²) in [5.74, 6) is 2.35. The van der Waals surface area contributed by atoms with Crippen LogP contribution in [0.3, 0.4) is 0 Å². The Morgan fingerprint density at radius 1 is 1.00 bits per heavy atom. The molecular formula is C22H26N4O. The zero-order valence-electron chi connectivity index (χ0n) is 15.6. The summed E-state index contributed by atoms with van der Waals surface area (Å²) in [5.41, 5.74) is 1.74. The third-order valence-electron chi connectivity index (χ3n) is 5.15. The van der Waals surface area contributed by atoms with Crippen molar-refractivity contribution in [2.45, 2.75) is 32.1 Å². The molecular weight excluding hydrogens is 336 g/mol. The van der Waals surface area contributed by atoms with E-state index in [4.69, 9.17) is 14.7 Å². The van der Waals surface area contributed by atoms with Crippen LogP contribution in [0.25, 0.3) is 22.4 Å². The van der Waals surface area contributed by atoms with E-state index in [0.29, 0.717) is 5.82 Å². The van der Waals surface area contributed by atoms with Gasteiger partial charge in [0.25, 0.3) is 0 Å². The molecule has 0 spiro atoms. The van der Waals surface area contributed by atoms with Crippen molar-refractivity contribution in [3.8, 4) is 11.5 Å². The molecule has 5 nitrogen and oxygen atoms in total. The Morgan fingerprint density at radius 3 is 2.85 bits per heavy atom. The van der Waals surface area contributed by atoms with Gasteiger partial charge in [0.15, 0.2) is 5.82 Å². The van der Waals surface area contributed by atoms with Crippen LogP contribution in [0, 0.1) is 5.92 Å². The summed E-state index contributed by atoms with van der Waals surface area (Å²) in [6, 6.07) is 14.0. The van der Waals surface area contributed by atoms with Gasteiger partial charge in [-0.25, -0.2) is 9.97 Å². The molecule has 5 heteroatoms. The van der Waals surface area contributed by atoms with E-state index in [0.717, 1.165) is 54.5 Å². The SMILES string of the molecule is c1ccc(-c2nc(NCCCC3CCCOCC3)c3ccccc3n2)nc1. The number of fused-ring (bicyclic) bond motifs is 1. The van der Waals surface area contributed by atoms with Crippen LogP contribution in [0.15, 0.2) is 48.7 Å². The number of pyridine rings is 1. The molecule has 1 atom stereocenters. The van der Waals surface area contributed by atoms with Crippen molar-refractivity contribution in [3.63, 3.8) is 0 Å². The number of anilines is 1. The van der Waals surface area contributed by atoms with Crippen LogP contribution >= 0.6 is 0 Å². The maximum atomic E-state index is 5.57. The van der Waals surface area contributed by atoms with Gasteiger partial charge in [-0.1, -0.05) is 18.2 Å². The van der Waals surface area contributed by atoms with E-state index in [-0.39, 0.29) is 0 Å². The molecule has 1 aliphatic rings. The summed E-state index contributed by atoms with van der Waals surface area (Å²) < 4.78 is 5.57. The second-order valence-electron chi connectivity index (χ2n) is 7.11. The molecule has 2 aromatic heterocycles. The molecule has 1 unspecified atom stereocenters. The molecule has 3 heterocycles. The molecule has 27 heavy (non-hydrogen) atoms. The third-order valence-corrected chi connectivity index (χ3v) is 5.15. The Bertz CT molecular complexity index is 861. The zero-order chi connectivity index (χ0) is 18.3. The molecule has 0 amide bonds. The number of para-hydroxylation sites is 1. The number of ether oxygens (including phenoxy) is 1. The number of nitrogens with zero attached hydrogens (tertiary/aromatic N) is 3. The van der Waals surface area contributed by atoms with Gasteiger partial charge in [-0.3, -0.25) is 4.98 Å². The summed E-state index contributed by atoms with van der Waals surface area (Å²) in [6.07, 6.45) is 7.84. The largest absolute Gasteiger partial charge is 0.381 e. The summed E-state index contributed by atoms with van der Waals surface area (Å²) in [6.45, 7) is 2.76. The predicted octanol–water partition coefficient (Wildman–Crippen LogP) is 4.70. The predicted molar refractivity (Wildman–Crippen MR) is 109 cm³/mol. The Balaban J connectivity index is 1.47. The van der Waals surface area contributed by atoms with E-state index in [2.05, 4.69) is 16.4 Å². The van der Waals surface area contributed by atoms with Gasteiger partial charge >= 0.3 is 0 Å². The quantitative estimate of drug-likeness (QED) is 0.644. The van der Waals surface area contributed by atoms with Crippen molar-refractivity contribution < 1.29 is 4.74 Å². The first-order valence-corrected chi connectivity index (χ1v) is 9.90. The average molecular weight is 362 g/mol. The van der Waals surface area contributed by atoms with Crippen LogP contribution in [-0.2, 0) is 4.74 Å². The normalized spacial score (nSPS) is 17.6. The first-order chi connectivity index (χ1) is 13.4. The van der Waals surface area contributed by atoms with Crippen molar-refractivity contribution in [2.75, 3.05) is 25.1 Å². The lowest BCUT2D eigenvalue weighted by Crippen LogP contribution is -2.09. The topological polar surface area (TPSA) is 59.9 Å². The lowest BCUT2D eigenvalue weighted by atomic mass is 9.95. The monoisotopic (exact) mass is 362 g/mol. The molecule has 3 aromatic rings. The lowest BCUT2D eigenvalue weighted by Gasteiger charge is -2.14. The Kier molecular flexibility index (Phi) is 5.89. The number of rotatable bonds is 6. The highest BCUT2D eigenvalue weighted by molar-refractivity contribution is 5.90. The Morgan fingerprint density at radius 2 is 1.93 bits per heavy atom. The number of hydrogen-bond donors (Lipinski definition) is 1. The molecule has 0 aliphatic carbocycles. The van der Waals surface area contributed by atoms with Crippen LogP contribution in [0.1, 0.15) is 32.1 Å². The first kappa shape index (κ1) is 17.9. The molecule has 0 bridgehead atoms. The summed E-state index contributed by atoms with van der Waals surface area (Å²) in [7, 11) is 0. The lowest BCUT2D eigenvalue weighted by molar-refractivity contribution is 0.141. The fraction of sp³-hybridized carbons (Fsp3) is 0.409. The second-order valence-corrected chi connectivity index (χ2v) is 7.11. The Labute approximate surface area is 160 Å². The van der Waals surface area contributed by atoms with Crippen molar-refractivity contribution >= 4 is 16.7 Å². The third kappa shape index (κ3) is 4.61. The van der Waals surface area contributed by atoms with Crippen molar-refractivity contribution in [1.29, 1.82) is 0 Å². The molecule has 1 N–H and O–H groups in total. The Hall–Kier alpha value is -2.53. The van der Waals surface area contributed by atoms with Crippen LogP contribution in [-0.4, -0.2) is 34.7 Å². The number of hydrogen-bond acceptors (Lipinski definition) is 5. The van der Waals surface area contributed by atoms with Gasteiger partial charge < -0.3 is 10.1 Å². The van der Waals surface area contributed by atoms with E-state index in [1.807, 2.05) is 36.4 Å². The van der Waals surface area contributed by atoms with Crippen molar-refractivity contribution in [2.24, 2.45) is 5.92 Å². The number of benzene rings is 1. The van der Waals surface area contributed by atoms with Gasteiger partial charge in [-0.05, 0) is 62.3 Å². The molecule has 4 rings (SSSR count). The van der Waals surface area contributed by atoms with Crippen molar-refractivity contribution in [1.82, 2.24) is 15.0 Å². The minimum atomic E-state index is 0.665. The average Bonchev–Trinajstić information content (AvgIpc) is 3.00. The summed E-state index contributed by atoms with van der Waals surface area (Å²) in [4.78, 5) is 13.9. The maximum Gasteiger partial charge on any atom is 0.180 e. The van der Waals surface area contributed by atoms with Gasteiger partial charge in [0.1, 0.15) is 11.5 Å². The van der Waals surface area contributed by atoms with Gasteiger partial charge in [-0.15, -0.1) is 0 Å². The number of nitrogens with one attached hydrogen (secondary N) is 1. The second kappa shape index (κ2) is 8.91. The minimum absolute atomic E-state index is 0.665. The molecule has 1 saturated heterocycles. The van der Waals surface area contributed by atoms with Crippen LogP contribution in [0.4, 0.5) is 5.82 Å². The van der Waals surface area contributed by atoms with E-state index in [9.17, 15) is 0 Å². The van der Waals surface area contributed by atoms with E-state index in [1.54, 1.807) is 6.20 Å². The highest BCUT2D eigenvalue weighted by Crippen LogP contribution is 2.25. The molecule has 140 valence electrons. The minimum Gasteiger partial charge on any atom is -0.381 e. The van der Waals surface area contributed by atoms with Crippen LogP contribution < -0.4 is 5.32 Å². The fourth-order valence-electron chi connectivity index (χ4n) is 3.68. The zero-order valence-corrected chi connectivity index (χ0v) is 15.6. The van der Waals surface area contributed by atoms with Crippen molar-refractivity contribution in [3.05, 3.63) is 48.7 Å². The van der Waals surface area contributed by atoms with E-state index < -0.39 is 0 Å². The van der Waals surface area contributed by atoms with E-state index in [1.165, 1.54) is 25.7 Å². The standard InChI is InChI=1S/C22H26N4O/c1-2-10-19-18(9-1)21(26-22(25-19)20-11-3-4-13-23-20)24-14-5-7-17-8-6-15-27-16-12-17/h1-4,9-11,13,17H,5-8,12,14-16H2,(H,24,25,26). The molecule has 0 radical (unpaired) electrons. The molecule has 1 aliphatic heterocycles. The number of aromatic nitrogens is 3.